The molecule has 0 aromatic heterocycles. The number of urea groups is 1. The number of nitrogens with one attached hydrogen (secondary N) is 1. The van der Waals surface area contributed by atoms with Gasteiger partial charge in [0.1, 0.15) is 0 Å². The number of carbonyl (C=O) groups is 1. The first-order valence-corrected chi connectivity index (χ1v) is 8.21. The molecule has 2 rings (SSSR count). The van der Waals surface area contributed by atoms with E-state index in [9.17, 15) is 9.90 Å². The number of carbonyl (C=O) groups excluding carboxylic acids is 1. The maximum Gasteiger partial charge on any atom is 0.317 e. The number of likely N-dealkylation sites (tertiary alicyclic amines) is 1. The fraction of sp³-hybridized carbons (Fsp3) is 0.611. The van der Waals surface area contributed by atoms with Gasteiger partial charge in [0.05, 0.1) is 0 Å². The molecule has 2 N–H and O–H groups in total. The first kappa shape index (κ1) is 16.8. The highest BCUT2D eigenvalue weighted by molar-refractivity contribution is 5.74. The lowest BCUT2D eigenvalue weighted by molar-refractivity contribution is 0.128. The fourth-order valence-corrected chi connectivity index (χ4v) is 3.29. The lowest BCUT2D eigenvalue weighted by atomic mass is 9.99. The van der Waals surface area contributed by atoms with Gasteiger partial charge in [-0.3, -0.25) is 0 Å². The molecule has 2 amide bonds. The van der Waals surface area contributed by atoms with Crippen molar-refractivity contribution < 1.29 is 9.90 Å². The monoisotopic (exact) mass is 304 g/mol. The predicted molar refractivity (Wildman–Crippen MR) is 89.0 cm³/mol. The number of hydrogen-bond acceptors (Lipinski definition) is 2. The second-order valence-electron chi connectivity index (χ2n) is 6.69. The zero-order valence-electron chi connectivity index (χ0n) is 13.9. The van der Waals surface area contributed by atoms with Gasteiger partial charge in [0.25, 0.3) is 0 Å². The van der Waals surface area contributed by atoms with E-state index >= 15 is 0 Å². The maximum absolute atomic E-state index is 12.3. The topological polar surface area (TPSA) is 52.6 Å². The van der Waals surface area contributed by atoms with Crippen molar-refractivity contribution in [2.24, 2.45) is 5.92 Å². The molecule has 0 aliphatic carbocycles. The molecule has 1 aromatic rings. The number of aliphatic hydroxyl groups is 1. The molecule has 0 unspecified atom stereocenters. The lowest BCUT2D eigenvalue weighted by Gasteiger charge is -2.32. The Morgan fingerprint density at radius 2 is 2.05 bits per heavy atom. The summed E-state index contributed by atoms with van der Waals surface area (Å²) < 4.78 is 0. The van der Waals surface area contributed by atoms with Crippen molar-refractivity contribution in [2.75, 3.05) is 19.7 Å². The summed E-state index contributed by atoms with van der Waals surface area (Å²) in [6.45, 7) is 7.87. The molecule has 1 heterocycles. The van der Waals surface area contributed by atoms with E-state index in [0.29, 0.717) is 6.54 Å². The van der Waals surface area contributed by atoms with Crippen molar-refractivity contribution in [1.82, 2.24) is 10.2 Å². The molecule has 122 valence electrons. The Hall–Kier alpha value is -1.55. The molecule has 1 aliphatic heterocycles. The molecule has 0 saturated carbocycles. The number of piperidine rings is 1. The average molecular weight is 304 g/mol. The molecule has 1 fully saturated rings. The van der Waals surface area contributed by atoms with Crippen LogP contribution >= 0.6 is 0 Å². The zero-order valence-corrected chi connectivity index (χ0v) is 13.9. The van der Waals surface area contributed by atoms with Crippen LogP contribution in [0.15, 0.2) is 18.2 Å². The van der Waals surface area contributed by atoms with Crippen molar-refractivity contribution in [3.63, 3.8) is 0 Å². The summed E-state index contributed by atoms with van der Waals surface area (Å²) in [4.78, 5) is 14.2. The standard InChI is InChI=1S/C18H28N2O2/c1-13-7-14(2)9-17(8-13)10-15(3)19-18(22)20-6-4-5-16(11-20)12-21/h7-9,15-16,21H,4-6,10-12H2,1-3H3,(H,19,22)/t15-,16+/m1/s1. The van der Waals surface area contributed by atoms with E-state index in [1.165, 1.54) is 16.7 Å². The lowest BCUT2D eigenvalue weighted by Crippen LogP contribution is -2.49. The summed E-state index contributed by atoms with van der Waals surface area (Å²) in [7, 11) is 0. The molecular weight excluding hydrogens is 276 g/mol. The smallest absolute Gasteiger partial charge is 0.317 e. The van der Waals surface area contributed by atoms with Gasteiger partial charge in [-0.15, -0.1) is 0 Å². The van der Waals surface area contributed by atoms with Crippen molar-refractivity contribution in [2.45, 2.75) is 46.1 Å². The van der Waals surface area contributed by atoms with Gasteiger partial charge in [-0.2, -0.15) is 0 Å². The second-order valence-corrected chi connectivity index (χ2v) is 6.69. The number of aliphatic hydroxyl groups excluding tert-OH is 1. The summed E-state index contributed by atoms with van der Waals surface area (Å²) in [5, 5.41) is 12.3. The number of benzene rings is 1. The second kappa shape index (κ2) is 7.63. The number of amides is 2. The van der Waals surface area contributed by atoms with Crippen LogP contribution in [-0.4, -0.2) is 41.8 Å². The molecule has 1 aliphatic rings. The van der Waals surface area contributed by atoms with E-state index < -0.39 is 0 Å². The number of rotatable bonds is 4. The van der Waals surface area contributed by atoms with Crippen LogP contribution in [0.5, 0.6) is 0 Å². The summed E-state index contributed by atoms with van der Waals surface area (Å²) >= 11 is 0. The summed E-state index contributed by atoms with van der Waals surface area (Å²) in [5.74, 6) is 0.231. The normalized spacial score (nSPS) is 19.8. The van der Waals surface area contributed by atoms with Gasteiger partial charge in [-0.1, -0.05) is 29.3 Å². The number of hydrogen-bond donors (Lipinski definition) is 2. The third kappa shape index (κ3) is 4.73. The highest BCUT2D eigenvalue weighted by Gasteiger charge is 2.23. The minimum Gasteiger partial charge on any atom is -0.396 e. The van der Waals surface area contributed by atoms with E-state index in [1.54, 1.807) is 0 Å². The van der Waals surface area contributed by atoms with Crippen LogP contribution < -0.4 is 5.32 Å². The Morgan fingerprint density at radius 1 is 1.36 bits per heavy atom. The van der Waals surface area contributed by atoms with Gasteiger partial charge in [-0.05, 0) is 51.5 Å². The van der Waals surface area contributed by atoms with Crippen LogP contribution in [0.1, 0.15) is 36.5 Å². The Labute approximate surface area is 133 Å². The summed E-state index contributed by atoms with van der Waals surface area (Å²) in [5.41, 5.74) is 3.78. The SMILES string of the molecule is Cc1cc(C)cc(C[C@@H](C)NC(=O)N2CCC[C@H](CO)C2)c1. The molecule has 0 spiro atoms. The molecule has 4 nitrogen and oxygen atoms in total. The zero-order chi connectivity index (χ0) is 16.1. The minimum atomic E-state index is -0.00461. The summed E-state index contributed by atoms with van der Waals surface area (Å²) in [6.07, 6.45) is 2.83. The van der Waals surface area contributed by atoms with Crippen LogP contribution in [0.25, 0.3) is 0 Å². The molecule has 1 saturated heterocycles. The van der Waals surface area contributed by atoms with E-state index in [2.05, 4.69) is 37.4 Å². The third-order valence-corrected chi connectivity index (χ3v) is 4.26. The largest absolute Gasteiger partial charge is 0.396 e. The fourth-order valence-electron chi connectivity index (χ4n) is 3.29. The van der Waals surface area contributed by atoms with E-state index in [1.807, 2.05) is 11.8 Å². The van der Waals surface area contributed by atoms with Crippen LogP contribution in [-0.2, 0) is 6.42 Å². The van der Waals surface area contributed by atoms with Crippen molar-refractivity contribution in [1.29, 1.82) is 0 Å². The Morgan fingerprint density at radius 3 is 2.68 bits per heavy atom. The van der Waals surface area contributed by atoms with Crippen LogP contribution in [0, 0.1) is 19.8 Å². The molecule has 4 heteroatoms. The first-order valence-electron chi connectivity index (χ1n) is 8.21. The minimum absolute atomic E-state index is 0.00461. The molecule has 22 heavy (non-hydrogen) atoms. The highest BCUT2D eigenvalue weighted by Crippen LogP contribution is 2.16. The molecule has 2 atom stereocenters. The Kier molecular flexibility index (Phi) is 5.83. The quantitative estimate of drug-likeness (QED) is 0.898. The third-order valence-electron chi connectivity index (χ3n) is 4.26. The van der Waals surface area contributed by atoms with E-state index in [4.69, 9.17) is 0 Å². The number of aryl methyl sites for hydroxylation is 2. The van der Waals surface area contributed by atoms with Gasteiger partial charge in [-0.25, -0.2) is 4.79 Å². The van der Waals surface area contributed by atoms with Crippen LogP contribution in [0.4, 0.5) is 4.79 Å². The van der Waals surface area contributed by atoms with Crippen molar-refractivity contribution in [3.8, 4) is 0 Å². The maximum atomic E-state index is 12.3. The van der Waals surface area contributed by atoms with Gasteiger partial charge in [0.2, 0.25) is 0 Å². The van der Waals surface area contributed by atoms with Crippen molar-refractivity contribution >= 4 is 6.03 Å². The van der Waals surface area contributed by atoms with Gasteiger partial charge < -0.3 is 15.3 Å². The first-order chi connectivity index (χ1) is 10.5. The molecule has 0 bridgehead atoms. The van der Waals surface area contributed by atoms with Gasteiger partial charge >= 0.3 is 6.03 Å². The predicted octanol–water partition coefficient (Wildman–Crippen LogP) is 2.65. The molecular formula is C18H28N2O2. The number of nitrogens with zero attached hydrogens (tertiary/aromatic N) is 1. The molecule has 1 aromatic carbocycles. The molecule has 0 radical (unpaired) electrons. The van der Waals surface area contributed by atoms with Crippen LogP contribution in [0.3, 0.4) is 0 Å². The Balaban J connectivity index is 1.88. The highest BCUT2D eigenvalue weighted by atomic mass is 16.3. The van der Waals surface area contributed by atoms with E-state index in [0.717, 1.165) is 25.8 Å². The summed E-state index contributed by atoms with van der Waals surface area (Å²) in [6, 6.07) is 6.62. The van der Waals surface area contributed by atoms with Gasteiger partial charge in [0.15, 0.2) is 0 Å². The van der Waals surface area contributed by atoms with E-state index in [-0.39, 0.29) is 24.6 Å². The van der Waals surface area contributed by atoms with Gasteiger partial charge in [0, 0.05) is 25.7 Å². The Bertz CT molecular complexity index is 496. The van der Waals surface area contributed by atoms with Crippen molar-refractivity contribution in [3.05, 3.63) is 34.9 Å². The average Bonchev–Trinajstić information content (AvgIpc) is 2.46. The van der Waals surface area contributed by atoms with Crippen LogP contribution in [0.2, 0.25) is 0 Å².